The molecule has 0 spiro atoms. The molecule has 2 amide bonds. The van der Waals surface area contributed by atoms with Crippen LogP contribution in [0, 0.1) is 0 Å². The van der Waals surface area contributed by atoms with Gasteiger partial charge in [-0.25, -0.2) is 0 Å². The van der Waals surface area contributed by atoms with Crippen molar-refractivity contribution in [3.8, 4) is 0 Å². The molecule has 158 valence electrons. The van der Waals surface area contributed by atoms with Gasteiger partial charge in [-0.2, -0.15) is 4.99 Å². The number of nitrogens with one attached hydrogen (secondary N) is 1. The highest BCUT2D eigenvalue weighted by Gasteiger charge is 2.10. The molecule has 3 rings (SSSR count). The summed E-state index contributed by atoms with van der Waals surface area (Å²) in [6, 6.07) is 13.8. The zero-order chi connectivity index (χ0) is 21.7. The molecule has 1 heterocycles. The molecule has 2 aromatic carbocycles. The molecule has 7 heteroatoms. The van der Waals surface area contributed by atoms with Crippen molar-refractivity contribution in [1.29, 1.82) is 0 Å². The van der Waals surface area contributed by atoms with E-state index in [4.69, 9.17) is 4.74 Å². The summed E-state index contributed by atoms with van der Waals surface area (Å²) < 4.78 is 8.16. The van der Waals surface area contributed by atoms with Gasteiger partial charge in [-0.1, -0.05) is 49.4 Å². The summed E-state index contributed by atoms with van der Waals surface area (Å²) in [6.07, 6.45) is 0.258. The molecule has 0 saturated carbocycles. The fourth-order valence-corrected chi connectivity index (χ4v) is 4.29. The molecule has 0 unspecified atom stereocenters. The van der Waals surface area contributed by atoms with Crippen LogP contribution in [-0.4, -0.2) is 30.1 Å². The van der Waals surface area contributed by atoms with E-state index in [0.717, 1.165) is 21.5 Å². The number of hydrogen-bond acceptors (Lipinski definition) is 4. The lowest BCUT2D eigenvalue weighted by Crippen LogP contribution is -2.19. The first-order valence-electron chi connectivity index (χ1n) is 9.93. The molecular formula is C23H27N3O3S. The second-order valence-corrected chi connectivity index (χ2v) is 8.48. The van der Waals surface area contributed by atoms with E-state index >= 15 is 0 Å². The largest absolute Gasteiger partial charge is 0.383 e. The average molecular weight is 426 g/mol. The van der Waals surface area contributed by atoms with Crippen molar-refractivity contribution in [2.45, 2.75) is 39.7 Å². The minimum Gasteiger partial charge on any atom is -0.383 e. The zero-order valence-corrected chi connectivity index (χ0v) is 18.6. The van der Waals surface area contributed by atoms with E-state index in [9.17, 15) is 9.59 Å². The third-order valence-corrected chi connectivity index (χ3v) is 5.79. The number of anilines is 1. The van der Waals surface area contributed by atoms with Crippen molar-refractivity contribution in [2.75, 3.05) is 19.0 Å². The van der Waals surface area contributed by atoms with E-state index in [2.05, 4.69) is 36.3 Å². The number of fused-ring (bicyclic) bond motifs is 1. The highest BCUT2D eigenvalue weighted by atomic mass is 32.1. The molecule has 0 bridgehead atoms. The number of hydrogen-bond donors (Lipinski definition) is 1. The van der Waals surface area contributed by atoms with Crippen molar-refractivity contribution in [1.82, 2.24) is 4.57 Å². The van der Waals surface area contributed by atoms with Gasteiger partial charge in [-0.3, -0.25) is 9.59 Å². The summed E-state index contributed by atoms with van der Waals surface area (Å²) >= 11 is 1.43. The zero-order valence-electron chi connectivity index (χ0n) is 17.8. The van der Waals surface area contributed by atoms with Crippen molar-refractivity contribution >= 4 is 39.1 Å². The van der Waals surface area contributed by atoms with Gasteiger partial charge in [0, 0.05) is 26.3 Å². The van der Waals surface area contributed by atoms with Gasteiger partial charge in [-0.15, -0.1) is 0 Å². The fourth-order valence-electron chi connectivity index (χ4n) is 3.18. The predicted molar refractivity (Wildman–Crippen MR) is 121 cm³/mol. The number of ether oxygens (including phenoxy) is 1. The lowest BCUT2D eigenvalue weighted by atomic mass is 10.0. The first-order valence-corrected chi connectivity index (χ1v) is 10.8. The summed E-state index contributed by atoms with van der Waals surface area (Å²) in [5.74, 6) is 0.147. The van der Waals surface area contributed by atoms with Gasteiger partial charge < -0.3 is 14.6 Å². The molecule has 1 N–H and O–H groups in total. The molecule has 0 aliphatic carbocycles. The Kier molecular flexibility index (Phi) is 7.18. The quantitative estimate of drug-likeness (QED) is 0.619. The van der Waals surface area contributed by atoms with Crippen LogP contribution in [0.2, 0.25) is 0 Å². The summed E-state index contributed by atoms with van der Waals surface area (Å²) in [5, 5.41) is 2.79. The lowest BCUT2D eigenvalue weighted by molar-refractivity contribution is -0.117. The topological polar surface area (TPSA) is 72.7 Å². The summed E-state index contributed by atoms with van der Waals surface area (Å²) in [7, 11) is 1.65. The maximum absolute atomic E-state index is 12.7. The Balaban J connectivity index is 1.92. The Morgan fingerprint density at radius 1 is 1.17 bits per heavy atom. The van der Waals surface area contributed by atoms with Crippen LogP contribution in [0.15, 0.2) is 47.5 Å². The number of carbonyl (C=O) groups is 2. The van der Waals surface area contributed by atoms with Crippen LogP contribution in [0.3, 0.4) is 0 Å². The Labute approximate surface area is 180 Å². The molecule has 3 aromatic rings. The van der Waals surface area contributed by atoms with Gasteiger partial charge in [0.25, 0.3) is 5.91 Å². The van der Waals surface area contributed by atoms with Crippen LogP contribution in [0.1, 0.15) is 37.8 Å². The predicted octanol–water partition coefficient (Wildman–Crippen LogP) is 4.10. The summed E-state index contributed by atoms with van der Waals surface area (Å²) in [4.78, 5) is 29.0. The number of aromatic nitrogens is 1. The van der Waals surface area contributed by atoms with E-state index in [1.165, 1.54) is 23.8 Å². The first-order chi connectivity index (χ1) is 14.4. The van der Waals surface area contributed by atoms with Crippen LogP contribution in [0.5, 0.6) is 0 Å². The van der Waals surface area contributed by atoms with E-state index in [-0.39, 0.29) is 18.2 Å². The van der Waals surface area contributed by atoms with E-state index in [1.54, 1.807) is 7.11 Å². The van der Waals surface area contributed by atoms with Gasteiger partial charge >= 0.3 is 0 Å². The number of methoxy groups -OCH3 is 1. The van der Waals surface area contributed by atoms with Crippen molar-refractivity contribution in [2.24, 2.45) is 4.99 Å². The monoisotopic (exact) mass is 425 g/mol. The van der Waals surface area contributed by atoms with Crippen molar-refractivity contribution in [3.63, 3.8) is 0 Å². The molecule has 30 heavy (non-hydrogen) atoms. The first kappa shape index (κ1) is 21.9. The second-order valence-electron chi connectivity index (χ2n) is 7.47. The van der Waals surface area contributed by atoms with Crippen LogP contribution in [0.4, 0.5) is 5.69 Å². The normalized spacial score (nSPS) is 12.0. The molecule has 0 fully saturated rings. The minimum atomic E-state index is -0.188. The summed E-state index contributed by atoms with van der Waals surface area (Å²) in [5.41, 5.74) is 3.88. The number of thiazole rings is 1. The highest BCUT2D eigenvalue weighted by Crippen LogP contribution is 2.22. The molecular weight excluding hydrogens is 398 g/mol. The van der Waals surface area contributed by atoms with Gasteiger partial charge in [-0.05, 0) is 35.2 Å². The van der Waals surface area contributed by atoms with Crippen LogP contribution >= 0.6 is 11.3 Å². The highest BCUT2D eigenvalue weighted by molar-refractivity contribution is 7.16. The Bertz CT molecular complexity index is 1110. The van der Waals surface area contributed by atoms with E-state index in [1.807, 2.05) is 34.9 Å². The van der Waals surface area contributed by atoms with E-state index in [0.29, 0.717) is 23.9 Å². The molecule has 0 saturated heterocycles. The fraction of sp³-hybridized carbons (Fsp3) is 0.348. The molecule has 1 aromatic heterocycles. The number of benzene rings is 2. The lowest BCUT2D eigenvalue weighted by Gasteiger charge is -2.06. The second kappa shape index (κ2) is 9.82. The van der Waals surface area contributed by atoms with E-state index < -0.39 is 0 Å². The SMILES string of the molecule is COCCn1c(=NC(=O)Cc2ccc(C(C)C)cc2)sc2cc(NC(C)=O)ccc21. The van der Waals surface area contributed by atoms with Gasteiger partial charge in [0.1, 0.15) is 0 Å². The van der Waals surface area contributed by atoms with Crippen LogP contribution in [0.25, 0.3) is 10.2 Å². The molecule has 0 radical (unpaired) electrons. The molecule has 0 aliphatic heterocycles. The Morgan fingerprint density at radius 2 is 1.90 bits per heavy atom. The Morgan fingerprint density at radius 3 is 2.53 bits per heavy atom. The summed E-state index contributed by atoms with van der Waals surface area (Å²) in [6.45, 7) is 6.87. The standard InChI is InChI=1S/C23H27N3O3S/c1-15(2)18-7-5-17(6-8-18)13-22(28)25-23-26(11-12-29-4)20-10-9-19(24-16(3)27)14-21(20)30-23/h5-10,14-15H,11-13H2,1-4H3,(H,24,27). The third kappa shape index (κ3) is 5.43. The maximum Gasteiger partial charge on any atom is 0.252 e. The smallest absolute Gasteiger partial charge is 0.252 e. The maximum atomic E-state index is 12.7. The molecule has 0 aliphatic rings. The van der Waals surface area contributed by atoms with Crippen molar-refractivity contribution in [3.05, 3.63) is 58.4 Å². The van der Waals surface area contributed by atoms with Crippen LogP contribution < -0.4 is 10.1 Å². The van der Waals surface area contributed by atoms with Crippen LogP contribution in [-0.2, 0) is 27.3 Å². The number of amides is 2. The number of carbonyl (C=O) groups excluding carboxylic acids is 2. The number of rotatable bonds is 7. The Hall–Kier alpha value is -2.77. The van der Waals surface area contributed by atoms with Crippen molar-refractivity contribution < 1.29 is 14.3 Å². The van der Waals surface area contributed by atoms with Gasteiger partial charge in [0.15, 0.2) is 4.80 Å². The average Bonchev–Trinajstić information content (AvgIpc) is 3.02. The van der Waals surface area contributed by atoms with Gasteiger partial charge in [0.2, 0.25) is 5.91 Å². The number of nitrogens with zero attached hydrogens (tertiary/aromatic N) is 2. The minimum absolute atomic E-state index is 0.123. The third-order valence-electron chi connectivity index (χ3n) is 4.74. The van der Waals surface area contributed by atoms with Gasteiger partial charge in [0.05, 0.1) is 23.2 Å². The molecule has 0 atom stereocenters. The molecule has 6 nitrogen and oxygen atoms in total.